The molecule has 0 radical (unpaired) electrons. The van der Waals surface area contributed by atoms with Crippen molar-refractivity contribution in [2.45, 2.75) is 65.2 Å². The average molecular weight is 402 g/mol. The van der Waals surface area contributed by atoms with E-state index in [4.69, 9.17) is 44.9 Å². The molecule has 2 aliphatic rings. The van der Waals surface area contributed by atoms with E-state index in [0.29, 0.717) is 26.8 Å². The standard InChI is InChI=1S/C18H23Cl3N4/c1-5-7-10(3)24-15(6-2)22-18-16(24)11(4)23-25(18)17-13(20)8-12(19)9-14(17)21/h8-10,16,18H,5-7H2,1-4H3. The summed E-state index contributed by atoms with van der Waals surface area (Å²) in [4.78, 5) is 7.39. The lowest BCUT2D eigenvalue weighted by Gasteiger charge is -2.33. The van der Waals surface area contributed by atoms with Crippen molar-refractivity contribution in [2.24, 2.45) is 10.1 Å². The molecule has 1 aromatic carbocycles. The highest BCUT2D eigenvalue weighted by atomic mass is 35.5. The van der Waals surface area contributed by atoms with Gasteiger partial charge in [0.2, 0.25) is 0 Å². The molecule has 3 atom stereocenters. The predicted molar refractivity (Wildman–Crippen MR) is 109 cm³/mol. The van der Waals surface area contributed by atoms with E-state index in [2.05, 4.69) is 32.6 Å². The smallest absolute Gasteiger partial charge is 0.169 e. The predicted octanol–water partition coefficient (Wildman–Crippen LogP) is 5.85. The number of benzene rings is 1. The van der Waals surface area contributed by atoms with Gasteiger partial charge in [0.05, 0.1) is 21.4 Å². The Hall–Kier alpha value is -0.970. The molecule has 0 aliphatic carbocycles. The van der Waals surface area contributed by atoms with Crippen LogP contribution in [0.1, 0.15) is 47.0 Å². The third kappa shape index (κ3) is 3.24. The molecule has 3 rings (SSSR count). The molecule has 1 aromatic rings. The van der Waals surface area contributed by atoms with Crippen molar-refractivity contribution in [3.05, 3.63) is 27.2 Å². The number of fused-ring (bicyclic) bond motifs is 1. The largest absolute Gasteiger partial charge is 0.345 e. The van der Waals surface area contributed by atoms with Gasteiger partial charge in [0.15, 0.2) is 6.17 Å². The van der Waals surface area contributed by atoms with Gasteiger partial charge in [-0.2, -0.15) is 5.10 Å². The van der Waals surface area contributed by atoms with E-state index in [9.17, 15) is 0 Å². The van der Waals surface area contributed by atoms with Crippen molar-refractivity contribution in [1.82, 2.24) is 4.90 Å². The summed E-state index contributed by atoms with van der Waals surface area (Å²) in [7, 11) is 0. The molecule has 0 saturated heterocycles. The third-order valence-electron chi connectivity index (χ3n) is 4.81. The molecular weight excluding hydrogens is 379 g/mol. The van der Waals surface area contributed by atoms with Gasteiger partial charge in [-0.3, -0.25) is 0 Å². The second kappa shape index (κ2) is 7.34. The van der Waals surface area contributed by atoms with Crippen LogP contribution in [0.5, 0.6) is 0 Å². The van der Waals surface area contributed by atoms with E-state index in [-0.39, 0.29) is 12.2 Å². The zero-order valence-corrected chi connectivity index (χ0v) is 17.2. The quantitative estimate of drug-likeness (QED) is 0.619. The summed E-state index contributed by atoms with van der Waals surface area (Å²) >= 11 is 18.9. The van der Waals surface area contributed by atoms with E-state index in [1.165, 1.54) is 0 Å². The van der Waals surface area contributed by atoms with Gasteiger partial charge in [-0.25, -0.2) is 10.0 Å². The van der Waals surface area contributed by atoms with E-state index >= 15 is 0 Å². The summed E-state index contributed by atoms with van der Waals surface area (Å²) in [5, 5.41) is 8.09. The van der Waals surface area contributed by atoms with Gasteiger partial charge in [0.1, 0.15) is 11.9 Å². The third-order valence-corrected chi connectivity index (χ3v) is 5.61. The molecule has 136 valence electrons. The molecule has 0 spiro atoms. The fraction of sp³-hybridized carbons (Fsp3) is 0.556. The Labute approximate surface area is 164 Å². The van der Waals surface area contributed by atoms with Crippen LogP contribution in [0.2, 0.25) is 15.1 Å². The minimum Gasteiger partial charge on any atom is -0.345 e. The molecule has 25 heavy (non-hydrogen) atoms. The van der Waals surface area contributed by atoms with Crippen molar-refractivity contribution in [3.63, 3.8) is 0 Å². The molecule has 0 N–H and O–H groups in total. The second-order valence-electron chi connectivity index (χ2n) is 6.61. The fourth-order valence-electron chi connectivity index (χ4n) is 3.78. The lowest BCUT2D eigenvalue weighted by molar-refractivity contribution is 0.285. The van der Waals surface area contributed by atoms with Crippen LogP contribution in [-0.2, 0) is 0 Å². The normalized spacial score (nSPS) is 23.6. The van der Waals surface area contributed by atoms with Crippen LogP contribution in [0.4, 0.5) is 5.69 Å². The first-order chi connectivity index (χ1) is 11.9. The first-order valence-corrected chi connectivity index (χ1v) is 9.86. The zero-order chi connectivity index (χ0) is 18.3. The van der Waals surface area contributed by atoms with E-state index in [1.54, 1.807) is 12.1 Å². The highest BCUT2D eigenvalue weighted by Crippen LogP contribution is 2.42. The molecule has 0 aromatic heterocycles. The van der Waals surface area contributed by atoms with Gasteiger partial charge >= 0.3 is 0 Å². The monoisotopic (exact) mass is 400 g/mol. The topological polar surface area (TPSA) is 31.2 Å². The summed E-state index contributed by atoms with van der Waals surface area (Å²) in [5.41, 5.74) is 1.70. The molecule has 2 heterocycles. The fourth-order valence-corrected chi connectivity index (χ4v) is 4.77. The number of nitrogens with zero attached hydrogens (tertiary/aromatic N) is 4. The molecular formula is C18H23Cl3N4. The minimum atomic E-state index is -0.134. The summed E-state index contributed by atoms with van der Waals surface area (Å²) in [6.07, 6.45) is 3.02. The Morgan fingerprint density at radius 3 is 2.36 bits per heavy atom. The van der Waals surface area contributed by atoms with Crippen molar-refractivity contribution in [1.29, 1.82) is 0 Å². The summed E-state index contributed by atoms with van der Waals surface area (Å²) < 4.78 is 0. The van der Waals surface area contributed by atoms with E-state index in [1.807, 2.05) is 5.01 Å². The maximum absolute atomic E-state index is 6.43. The lowest BCUT2D eigenvalue weighted by atomic mass is 10.1. The number of aliphatic imine (C=N–C) groups is 1. The zero-order valence-electron chi connectivity index (χ0n) is 14.9. The summed E-state index contributed by atoms with van der Waals surface area (Å²) in [5.74, 6) is 1.12. The van der Waals surface area contributed by atoms with Gasteiger partial charge in [0.25, 0.3) is 0 Å². The second-order valence-corrected chi connectivity index (χ2v) is 7.86. The number of hydrazone groups is 1. The summed E-state index contributed by atoms with van der Waals surface area (Å²) in [6.45, 7) is 8.66. The molecule has 0 saturated carbocycles. The molecule has 3 unspecified atom stereocenters. The molecule has 4 nitrogen and oxygen atoms in total. The number of hydrogen-bond donors (Lipinski definition) is 0. The van der Waals surface area contributed by atoms with E-state index < -0.39 is 0 Å². The molecule has 7 heteroatoms. The minimum absolute atomic E-state index is 0.124. The molecule has 0 bridgehead atoms. The van der Waals surface area contributed by atoms with Crippen molar-refractivity contribution < 1.29 is 0 Å². The Bertz CT molecular complexity index is 708. The number of hydrogen-bond acceptors (Lipinski definition) is 4. The summed E-state index contributed by atoms with van der Waals surface area (Å²) in [6, 6.07) is 3.93. The van der Waals surface area contributed by atoms with Crippen molar-refractivity contribution in [3.8, 4) is 0 Å². The number of anilines is 1. The maximum Gasteiger partial charge on any atom is 0.169 e. The Morgan fingerprint density at radius 2 is 1.80 bits per heavy atom. The van der Waals surface area contributed by atoms with Crippen LogP contribution in [0.3, 0.4) is 0 Å². The lowest BCUT2D eigenvalue weighted by Crippen LogP contribution is -2.48. The van der Waals surface area contributed by atoms with Crippen molar-refractivity contribution in [2.75, 3.05) is 5.01 Å². The van der Waals surface area contributed by atoms with Crippen LogP contribution < -0.4 is 5.01 Å². The Kier molecular flexibility index (Phi) is 5.52. The van der Waals surface area contributed by atoms with Crippen molar-refractivity contribution >= 4 is 52.0 Å². The maximum atomic E-state index is 6.43. The average Bonchev–Trinajstić information content (AvgIpc) is 3.05. The highest BCUT2D eigenvalue weighted by Gasteiger charge is 2.47. The van der Waals surface area contributed by atoms with Gasteiger partial charge in [-0.05, 0) is 32.4 Å². The first-order valence-electron chi connectivity index (χ1n) is 8.72. The Balaban J connectivity index is 2.01. The van der Waals surface area contributed by atoms with Crippen LogP contribution in [0.15, 0.2) is 22.2 Å². The number of halogens is 3. The van der Waals surface area contributed by atoms with Crippen LogP contribution >= 0.6 is 34.8 Å². The van der Waals surface area contributed by atoms with Crippen LogP contribution in [-0.4, -0.2) is 34.7 Å². The van der Waals surface area contributed by atoms with Gasteiger partial charge in [-0.1, -0.05) is 55.1 Å². The Morgan fingerprint density at radius 1 is 1.16 bits per heavy atom. The molecule has 0 amide bonds. The SMILES string of the molecule is CCCC(C)N1C(CC)=NC2C1C(C)=NN2c1c(Cl)cc(Cl)cc1Cl. The molecule has 2 aliphatic heterocycles. The van der Waals surface area contributed by atoms with Gasteiger partial charge in [0, 0.05) is 17.5 Å². The van der Waals surface area contributed by atoms with Gasteiger partial charge in [-0.15, -0.1) is 0 Å². The molecule has 0 fully saturated rings. The number of rotatable bonds is 5. The first kappa shape index (κ1) is 18.8. The van der Waals surface area contributed by atoms with Crippen LogP contribution in [0.25, 0.3) is 0 Å². The highest BCUT2D eigenvalue weighted by molar-refractivity contribution is 6.41. The van der Waals surface area contributed by atoms with E-state index in [0.717, 1.165) is 30.8 Å². The van der Waals surface area contributed by atoms with Crippen LogP contribution in [0, 0.1) is 0 Å². The van der Waals surface area contributed by atoms with Gasteiger partial charge < -0.3 is 4.90 Å². The number of amidine groups is 1.